The Bertz CT molecular complexity index is 874. The van der Waals surface area contributed by atoms with E-state index in [-0.39, 0.29) is 18.7 Å². The Balaban J connectivity index is 1.69. The SMILES string of the molecule is C=CCO[C@@H]1C[C@H](NC[C@@H](O)C(Cc2ccccc2)NC(=O)O)c2cc(OC)ccc21. The highest BCUT2D eigenvalue weighted by Gasteiger charge is 2.33. The molecule has 0 aromatic heterocycles. The Morgan fingerprint density at radius 3 is 2.71 bits per heavy atom. The number of fused-ring (bicyclic) bond motifs is 1. The van der Waals surface area contributed by atoms with E-state index < -0.39 is 18.2 Å². The molecule has 0 spiro atoms. The molecule has 0 heterocycles. The lowest BCUT2D eigenvalue weighted by molar-refractivity contribution is 0.0672. The van der Waals surface area contributed by atoms with Crippen LogP contribution in [0.3, 0.4) is 0 Å². The molecular formula is C24H30N2O5. The molecule has 4 atom stereocenters. The summed E-state index contributed by atoms with van der Waals surface area (Å²) in [5.74, 6) is 0.755. The van der Waals surface area contributed by atoms with E-state index >= 15 is 0 Å². The maximum Gasteiger partial charge on any atom is 0.404 e. The van der Waals surface area contributed by atoms with Crippen molar-refractivity contribution in [3.8, 4) is 5.75 Å². The summed E-state index contributed by atoms with van der Waals surface area (Å²) in [6.45, 7) is 4.39. The van der Waals surface area contributed by atoms with Crippen molar-refractivity contribution in [1.29, 1.82) is 0 Å². The molecule has 1 unspecified atom stereocenters. The van der Waals surface area contributed by atoms with Crippen LogP contribution in [0.5, 0.6) is 5.75 Å². The van der Waals surface area contributed by atoms with Crippen molar-refractivity contribution in [2.45, 2.75) is 37.1 Å². The molecule has 31 heavy (non-hydrogen) atoms. The smallest absolute Gasteiger partial charge is 0.404 e. The van der Waals surface area contributed by atoms with Crippen LogP contribution in [-0.4, -0.2) is 48.7 Å². The summed E-state index contributed by atoms with van der Waals surface area (Å²) in [4.78, 5) is 11.3. The third kappa shape index (κ3) is 6.07. The molecule has 0 aliphatic heterocycles. The lowest BCUT2D eigenvalue weighted by Crippen LogP contribution is -2.48. The van der Waals surface area contributed by atoms with Gasteiger partial charge in [-0.15, -0.1) is 6.58 Å². The zero-order chi connectivity index (χ0) is 22.2. The molecule has 1 aliphatic rings. The van der Waals surface area contributed by atoms with Gasteiger partial charge in [0.2, 0.25) is 0 Å². The second kappa shape index (κ2) is 10.9. The van der Waals surface area contributed by atoms with E-state index in [0.717, 1.165) is 22.4 Å². The average Bonchev–Trinajstić information content (AvgIpc) is 3.12. The summed E-state index contributed by atoms with van der Waals surface area (Å²) in [5.41, 5.74) is 3.10. The number of rotatable bonds is 11. The monoisotopic (exact) mass is 426 g/mol. The number of aliphatic hydroxyl groups excluding tert-OH is 1. The molecule has 2 aromatic rings. The van der Waals surface area contributed by atoms with Crippen molar-refractivity contribution in [1.82, 2.24) is 10.6 Å². The molecule has 3 rings (SSSR count). The fourth-order valence-corrected chi connectivity index (χ4v) is 3.99. The summed E-state index contributed by atoms with van der Waals surface area (Å²) < 4.78 is 11.3. The van der Waals surface area contributed by atoms with Gasteiger partial charge in [-0.25, -0.2) is 4.79 Å². The highest BCUT2D eigenvalue weighted by atomic mass is 16.5. The maximum atomic E-state index is 11.3. The molecule has 0 radical (unpaired) electrons. The Morgan fingerprint density at radius 1 is 1.26 bits per heavy atom. The van der Waals surface area contributed by atoms with E-state index in [2.05, 4.69) is 17.2 Å². The zero-order valence-electron chi connectivity index (χ0n) is 17.7. The fourth-order valence-electron chi connectivity index (χ4n) is 3.99. The fraction of sp³-hybridized carbons (Fsp3) is 0.375. The van der Waals surface area contributed by atoms with E-state index in [1.165, 1.54) is 0 Å². The summed E-state index contributed by atoms with van der Waals surface area (Å²) in [6.07, 6.45) is 0.687. The topological polar surface area (TPSA) is 100 Å². The molecule has 0 saturated heterocycles. The van der Waals surface area contributed by atoms with Crippen molar-refractivity contribution in [2.75, 3.05) is 20.3 Å². The number of amides is 1. The predicted molar refractivity (Wildman–Crippen MR) is 118 cm³/mol. The summed E-state index contributed by atoms with van der Waals surface area (Å²) >= 11 is 0. The minimum absolute atomic E-state index is 0.0447. The molecule has 0 bridgehead atoms. The zero-order valence-corrected chi connectivity index (χ0v) is 17.7. The van der Waals surface area contributed by atoms with Crippen molar-refractivity contribution in [2.24, 2.45) is 0 Å². The first-order valence-corrected chi connectivity index (χ1v) is 10.4. The molecule has 0 saturated carbocycles. The number of ether oxygens (including phenoxy) is 2. The van der Waals surface area contributed by atoms with Crippen LogP contribution in [0.1, 0.15) is 35.3 Å². The van der Waals surface area contributed by atoms with E-state index in [1.807, 2.05) is 48.5 Å². The van der Waals surface area contributed by atoms with Gasteiger partial charge in [-0.3, -0.25) is 0 Å². The van der Waals surface area contributed by atoms with E-state index in [1.54, 1.807) is 13.2 Å². The number of carbonyl (C=O) groups is 1. The van der Waals surface area contributed by atoms with Gasteiger partial charge in [-0.05, 0) is 41.7 Å². The average molecular weight is 427 g/mol. The van der Waals surface area contributed by atoms with Crippen LogP contribution in [0.4, 0.5) is 4.79 Å². The Morgan fingerprint density at radius 2 is 2.03 bits per heavy atom. The van der Waals surface area contributed by atoms with Crippen LogP contribution >= 0.6 is 0 Å². The van der Waals surface area contributed by atoms with Gasteiger partial charge in [-0.2, -0.15) is 0 Å². The molecule has 2 aromatic carbocycles. The largest absolute Gasteiger partial charge is 0.497 e. The number of carboxylic acid groups (broad SMARTS) is 1. The van der Waals surface area contributed by atoms with Gasteiger partial charge >= 0.3 is 6.09 Å². The number of nitrogens with one attached hydrogen (secondary N) is 2. The first-order chi connectivity index (χ1) is 15.0. The van der Waals surface area contributed by atoms with Gasteiger partial charge in [-0.1, -0.05) is 42.5 Å². The van der Waals surface area contributed by atoms with Crippen molar-refractivity contribution >= 4 is 6.09 Å². The number of methoxy groups -OCH3 is 1. The number of benzene rings is 2. The minimum Gasteiger partial charge on any atom is -0.497 e. The molecule has 166 valence electrons. The van der Waals surface area contributed by atoms with Gasteiger partial charge in [0.15, 0.2) is 0 Å². The Hall–Kier alpha value is -2.87. The van der Waals surface area contributed by atoms with Crippen LogP contribution in [0.15, 0.2) is 61.2 Å². The summed E-state index contributed by atoms with van der Waals surface area (Å²) in [7, 11) is 1.63. The maximum absolute atomic E-state index is 11.3. The quantitative estimate of drug-likeness (QED) is 0.412. The highest BCUT2D eigenvalue weighted by Crippen LogP contribution is 2.42. The summed E-state index contributed by atoms with van der Waals surface area (Å²) in [5, 5.41) is 25.8. The van der Waals surface area contributed by atoms with Gasteiger partial charge in [0.05, 0.1) is 32.0 Å². The number of hydrogen-bond acceptors (Lipinski definition) is 5. The first-order valence-electron chi connectivity index (χ1n) is 10.4. The number of hydrogen-bond donors (Lipinski definition) is 4. The standard InChI is InChI=1S/C24H30N2O5/c1-3-11-31-23-14-20(19-13-17(30-2)9-10-18(19)23)25-15-22(27)21(26-24(28)29)12-16-7-5-4-6-8-16/h3-10,13,20-23,25-27H,1,11-12,14-15H2,2H3,(H,28,29)/t20-,21?,22+,23+/m0/s1. The first kappa shape index (κ1) is 22.8. The molecule has 7 nitrogen and oxygen atoms in total. The summed E-state index contributed by atoms with van der Waals surface area (Å²) in [6, 6.07) is 14.7. The van der Waals surface area contributed by atoms with E-state index in [0.29, 0.717) is 19.4 Å². The van der Waals surface area contributed by atoms with E-state index in [4.69, 9.17) is 9.47 Å². The number of aliphatic hydroxyl groups is 1. The highest BCUT2D eigenvalue weighted by molar-refractivity contribution is 5.65. The van der Waals surface area contributed by atoms with Gasteiger partial charge in [0.1, 0.15) is 5.75 Å². The molecule has 7 heteroatoms. The third-order valence-corrected chi connectivity index (χ3v) is 5.53. The van der Waals surface area contributed by atoms with Crippen LogP contribution in [0, 0.1) is 0 Å². The van der Waals surface area contributed by atoms with Crippen molar-refractivity contribution < 1.29 is 24.5 Å². The van der Waals surface area contributed by atoms with Crippen molar-refractivity contribution in [3.05, 3.63) is 77.9 Å². The van der Waals surface area contributed by atoms with Crippen molar-refractivity contribution in [3.63, 3.8) is 0 Å². The molecule has 1 aliphatic carbocycles. The minimum atomic E-state index is -1.16. The van der Waals surface area contributed by atoms with Crippen LogP contribution in [0.25, 0.3) is 0 Å². The van der Waals surface area contributed by atoms with Crippen LogP contribution in [-0.2, 0) is 11.2 Å². The molecule has 0 fully saturated rings. The second-order valence-corrected chi connectivity index (χ2v) is 7.62. The Kier molecular flexibility index (Phi) is 8.06. The molecule has 1 amide bonds. The predicted octanol–water partition coefficient (Wildman–Crippen LogP) is 3.21. The third-order valence-electron chi connectivity index (χ3n) is 5.53. The normalized spacial score (nSPS) is 19.3. The molecule has 4 N–H and O–H groups in total. The lowest BCUT2D eigenvalue weighted by Gasteiger charge is -2.25. The van der Waals surface area contributed by atoms with Gasteiger partial charge in [0.25, 0.3) is 0 Å². The lowest BCUT2D eigenvalue weighted by atomic mass is 10.0. The Labute approximate surface area is 182 Å². The van der Waals surface area contributed by atoms with Crippen LogP contribution in [0.2, 0.25) is 0 Å². The van der Waals surface area contributed by atoms with Crippen LogP contribution < -0.4 is 15.4 Å². The van der Waals surface area contributed by atoms with Gasteiger partial charge in [0, 0.05) is 12.6 Å². The van der Waals surface area contributed by atoms with Gasteiger partial charge < -0.3 is 30.3 Å². The molecular weight excluding hydrogens is 396 g/mol. The van der Waals surface area contributed by atoms with E-state index in [9.17, 15) is 15.0 Å². The second-order valence-electron chi connectivity index (χ2n) is 7.62.